The van der Waals surface area contributed by atoms with Crippen LogP contribution in [0.3, 0.4) is 0 Å². The largest absolute Gasteiger partial charge is 0.496 e. The molecule has 3 aromatic carbocycles. The molecule has 2 aromatic heterocycles. The summed E-state index contributed by atoms with van der Waals surface area (Å²) in [5.41, 5.74) is 1.91. The van der Waals surface area contributed by atoms with Gasteiger partial charge in [0.25, 0.3) is 0 Å². The van der Waals surface area contributed by atoms with Crippen molar-refractivity contribution in [3.8, 4) is 51.6 Å². The fourth-order valence-corrected chi connectivity index (χ4v) is 5.17. The topological polar surface area (TPSA) is 125 Å². The molecule has 0 spiro atoms. The Labute approximate surface area is 295 Å². The monoisotopic (exact) mass is 693 g/mol. The fraction of sp³-hybridized carbons (Fsp3) is 0.225. The molecule has 0 aliphatic rings. The number of aromatic nitrogens is 1. The van der Waals surface area contributed by atoms with Crippen LogP contribution in [0.1, 0.15) is 24.1 Å². The maximum Gasteiger partial charge on any atom is 0.239 e. The molecule has 11 nitrogen and oxygen atoms in total. The summed E-state index contributed by atoms with van der Waals surface area (Å²) in [5, 5.41) is 0.219. The van der Waals surface area contributed by atoms with Gasteiger partial charge in [0.05, 0.1) is 54.5 Å². The second kappa shape index (κ2) is 17.4. The van der Waals surface area contributed by atoms with Crippen molar-refractivity contribution in [2.45, 2.75) is 12.8 Å². The minimum atomic E-state index is -0.407. The fourth-order valence-electron chi connectivity index (χ4n) is 5.17. The number of benzene rings is 3. The standard InChI is InChI=1S/C40H39NO10/c1-44-31-24-32(45-2)36-33(25-31)51-38(27-22-34(46-3)39(48-5)35(23-27)47-4)40(37(36)43)50-21-9-8-20-49-30-17-12-26(13-18-30)11-15-29(42)16-14-28-10-6-7-19-41-28/h6-7,10-19,22-25H,8-9,20-21H2,1-5H3/b15-11+,16-14+. The van der Waals surface area contributed by atoms with Gasteiger partial charge in [-0.15, -0.1) is 0 Å². The Balaban J connectivity index is 1.25. The molecule has 0 unspecified atom stereocenters. The number of pyridine rings is 1. The van der Waals surface area contributed by atoms with Crippen LogP contribution in [0.15, 0.2) is 94.3 Å². The van der Waals surface area contributed by atoms with Gasteiger partial charge >= 0.3 is 0 Å². The van der Waals surface area contributed by atoms with Crippen LogP contribution in [0.4, 0.5) is 0 Å². The summed E-state index contributed by atoms with van der Waals surface area (Å²) in [5.74, 6) is 2.64. The highest BCUT2D eigenvalue weighted by molar-refractivity contribution is 6.04. The third-order valence-corrected chi connectivity index (χ3v) is 7.75. The van der Waals surface area contributed by atoms with E-state index in [1.165, 1.54) is 47.7 Å². The molecule has 0 amide bonds. The molecule has 0 radical (unpaired) electrons. The lowest BCUT2D eigenvalue weighted by Crippen LogP contribution is -2.13. The Bertz CT molecular complexity index is 2040. The molecule has 0 saturated heterocycles. The highest BCUT2D eigenvalue weighted by Crippen LogP contribution is 2.44. The van der Waals surface area contributed by atoms with Crippen LogP contribution < -0.4 is 38.6 Å². The van der Waals surface area contributed by atoms with E-state index < -0.39 is 5.43 Å². The van der Waals surface area contributed by atoms with Crippen LogP contribution in [-0.4, -0.2) is 59.5 Å². The van der Waals surface area contributed by atoms with E-state index in [-0.39, 0.29) is 34.9 Å². The molecule has 11 heteroatoms. The normalized spacial score (nSPS) is 11.2. The summed E-state index contributed by atoms with van der Waals surface area (Å²) < 4.78 is 45.9. The second-order valence-electron chi connectivity index (χ2n) is 11.0. The first-order valence-electron chi connectivity index (χ1n) is 16.1. The smallest absolute Gasteiger partial charge is 0.239 e. The maximum atomic E-state index is 14.0. The van der Waals surface area contributed by atoms with Crippen LogP contribution in [0.5, 0.6) is 40.2 Å². The number of carbonyl (C=O) groups is 1. The third-order valence-electron chi connectivity index (χ3n) is 7.75. The van der Waals surface area contributed by atoms with Gasteiger partial charge in [-0.25, -0.2) is 0 Å². The number of ether oxygens (including phenoxy) is 7. The Kier molecular flexibility index (Phi) is 12.3. The van der Waals surface area contributed by atoms with E-state index in [4.69, 9.17) is 37.6 Å². The van der Waals surface area contributed by atoms with Gasteiger partial charge in [-0.1, -0.05) is 24.3 Å². The van der Waals surface area contributed by atoms with Gasteiger partial charge in [0.15, 0.2) is 23.0 Å². The molecule has 51 heavy (non-hydrogen) atoms. The lowest BCUT2D eigenvalue weighted by molar-refractivity contribution is -0.110. The van der Waals surface area contributed by atoms with Crippen LogP contribution in [0, 0.1) is 0 Å². The van der Waals surface area contributed by atoms with Gasteiger partial charge in [-0.3, -0.25) is 14.6 Å². The van der Waals surface area contributed by atoms with Gasteiger partial charge in [-0.2, -0.15) is 0 Å². The van der Waals surface area contributed by atoms with Gasteiger partial charge in [0.1, 0.15) is 28.2 Å². The predicted molar refractivity (Wildman–Crippen MR) is 195 cm³/mol. The van der Waals surface area contributed by atoms with Crippen molar-refractivity contribution in [2.24, 2.45) is 0 Å². The number of carbonyl (C=O) groups excluding carboxylic acids is 1. The molecule has 5 rings (SSSR count). The van der Waals surface area contributed by atoms with Gasteiger partial charge in [-0.05, 0) is 73.0 Å². The van der Waals surface area contributed by atoms with Crippen molar-refractivity contribution in [3.63, 3.8) is 0 Å². The van der Waals surface area contributed by atoms with E-state index >= 15 is 0 Å². The van der Waals surface area contributed by atoms with Gasteiger partial charge in [0, 0.05) is 23.9 Å². The number of rotatable bonds is 17. The molecule has 0 saturated carbocycles. The lowest BCUT2D eigenvalue weighted by Gasteiger charge is -2.17. The van der Waals surface area contributed by atoms with Gasteiger partial charge < -0.3 is 37.6 Å². The molecular formula is C40H39NO10. The zero-order valence-electron chi connectivity index (χ0n) is 29.1. The SMILES string of the molecule is COc1cc(OC)c2c(=O)c(OCCCCOc3ccc(/C=C/C(=O)/C=C/c4ccccn4)cc3)c(-c3cc(OC)c(OC)c(OC)c3)oc2c1. The molecule has 0 atom stereocenters. The first-order valence-corrected chi connectivity index (χ1v) is 16.1. The molecule has 264 valence electrons. The number of fused-ring (bicyclic) bond motifs is 1. The molecule has 0 aliphatic heterocycles. The minimum Gasteiger partial charge on any atom is -0.496 e. The van der Waals surface area contributed by atoms with Crippen molar-refractivity contribution in [1.82, 2.24) is 4.98 Å². The van der Waals surface area contributed by atoms with Gasteiger partial charge in [0.2, 0.25) is 16.9 Å². The molecule has 5 aromatic rings. The van der Waals surface area contributed by atoms with Crippen molar-refractivity contribution >= 4 is 28.9 Å². The van der Waals surface area contributed by atoms with Crippen LogP contribution in [0.25, 0.3) is 34.4 Å². The molecule has 0 aliphatic carbocycles. The summed E-state index contributed by atoms with van der Waals surface area (Å²) >= 11 is 0. The Hall–Kier alpha value is -6.23. The van der Waals surface area contributed by atoms with Crippen LogP contribution in [0.2, 0.25) is 0 Å². The first kappa shape index (κ1) is 36.1. The van der Waals surface area contributed by atoms with E-state index in [1.54, 1.807) is 42.6 Å². The Morgan fingerprint density at radius 1 is 0.706 bits per heavy atom. The predicted octanol–water partition coefficient (Wildman–Crippen LogP) is 7.43. The minimum absolute atomic E-state index is 0.00973. The Morgan fingerprint density at radius 2 is 1.39 bits per heavy atom. The molecular weight excluding hydrogens is 654 g/mol. The van der Waals surface area contributed by atoms with Crippen molar-refractivity contribution in [3.05, 3.63) is 107 Å². The van der Waals surface area contributed by atoms with Crippen LogP contribution in [-0.2, 0) is 4.79 Å². The highest BCUT2D eigenvalue weighted by Gasteiger charge is 2.24. The Morgan fingerprint density at radius 3 is 2.02 bits per heavy atom. The van der Waals surface area contributed by atoms with E-state index in [1.807, 2.05) is 42.5 Å². The second-order valence-corrected chi connectivity index (χ2v) is 11.0. The summed E-state index contributed by atoms with van der Waals surface area (Å²) in [6, 6.07) is 19.5. The number of hydrogen-bond acceptors (Lipinski definition) is 11. The number of unbranched alkanes of at least 4 members (excludes halogenated alkanes) is 1. The summed E-state index contributed by atoms with van der Waals surface area (Å²) in [6.07, 6.45) is 9.32. The van der Waals surface area contributed by atoms with E-state index in [0.29, 0.717) is 65.2 Å². The van der Waals surface area contributed by atoms with E-state index in [2.05, 4.69) is 4.98 Å². The number of hydrogen-bond donors (Lipinski definition) is 0. The molecule has 2 heterocycles. The summed E-state index contributed by atoms with van der Waals surface area (Å²) in [6.45, 7) is 0.636. The maximum absolute atomic E-state index is 14.0. The average Bonchev–Trinajstić information content (AvgIpc) is 3.17. The molecule has 0 fully saturated rings. The third kappa shape index (κ3) is 8.87. The van der Waals surface area contributed by atoms with Crippen molar-refractivity contribution in [1.29, 1.82) is 0 Å². The highest BCUT2D eigenvalue weighted by atomic mass is 16.5. The average molecular weight is 694 g/mol. The number of ketones is 1. The zero-order chi connectivity index (χ0) is 36.2. The first-order chi connectivity index (χ1) is 24.9. The van der Waals surface area contributed by atoms with Crippen molar-refractivity contribution < 1.29 is 42.4 Å². The van der Waals surface area contributed by atoms with Crippen molar-refractivity contribution in [2.75, 3.05) is 48.8 Å². The number of allylic oxidation sites excluding steroid dienone is 2. The van der Waals surface area contributed by atoms with E-state index in [0.717, 1.165) is 5.56 Å². The quantitative estimate of drug-likeness (QED) is 0.0713. The lowest BCUT2D eigenvalue weighted by atomic mass is 10.1. The number of methoxy groups -OCH3 is 5. The number of nitrogens with zero attached hydrogens (tertiary/aromatic N) is 1. The van der Waals surface area contributed by atoms with Crippen LogP contribution >= 0.6 is 0 Å². The summed E-state index contributed by atoms with van der Waals surface area (Å²) in [4.78, 5) is 30.4. The van der Waals surface area contributed by atoms with E-state index in [9.17, 15) is 9.59 Å². The zero-order valence-corrected chi connectivity index (χ0v) is 29.1. The molecule has 0 bridgehead atoms. The summed E-state index contributed by atoms with van der Waals surface area (Å²) in [7, 11) is 7.51. The molecule has 0 N–H and O–H groups in total.